The molecule has 1 aromatic heterocycles. The van der Waals surface area contributed by atoms with Crippen LogP contribution in [0.4, 0.5) is 22.9 Å². The normalized spacial score (nSPS) is 20.9. The number of benzene rings is 1. The Hall–Kier alpha value is -3.33. The number of nitrogens with two attached hydrogens (primary N) is 1. The number of carbonyl (C=O) groups is 2. The van der Waals surface area contributed by atoms with Crippen LogP contribution in [0.1, 0.15) is 43.0 Å². The molecule has 1 saturated heterocycles. The highest BCUT2D eigenvalue weighted by Gasteiger charge is 2.21. The van der Waals surface area contributed by atoms with Crippen LogP contribution in [0.25, 0.3) is 0 Å². The quantitative estimate of drug-likeness (QED) is 0.530. The lowest BCUT2D eigenvalue weighted by Gasteiger charge is -2.35. The van der Waals surface area contributed by atoms with Crippen LogP contribution in [0.5, 0.6) is 0 Å². The second kappa shape index (κ2) is 10.1. The van der Waals surface area contributed by atoms with Crippen LogP contribution in [-0.2, 0) is 4.79 Å². The molecule has 9 nitrogen and oxygen atoms in total. The van der Waals surface area contributed by atoms with Crippen molar-refractivity contribution in [2.75, 3.05) is 41.7 Å². The van der Waals surface area contributed by atoms with E-state index in [0.29, 0.717) is 17.1 Å². The van der Waals surface area contributed by atoms with Gasteiger partial charge in [0.05, 0.1) is 17.4 Å². The van der Waals surface area contributed by atoms with Crippen molar-refractivity contribution in [1.29, 1.82) is 0 Å². The molecule has 0 radical (unpaired) electrons. The second-order valence-corrected chi connectivity index (χ2v) is 8.79. The van der Waals surface area contributed by atoms with E-state index in [9.17, 15) is 14.7 Å². The second-order valence-electron chi connectivity index (χ2n) is 8.79. The number of rotatable bonds is 6. The number of piperazine rings is 1. The van der Waals surface area contributed by atoms with E-state index in [4.69, 9.17) is 5.73 Å². The summed E-state index contributed by atoms with van der Waals surface area (Å²) in [5.74, 6) is 0.210. The van der Waals surface area contributed by atoms with E-state index in [2.05, 4.69) is 32.7 Å². The third kappa shape index (κ3) is 5.73. The van der Waals surface area contributed by atoms with Crippen LogP contribution in [0.3, 0.4) is 0 Å². The molecule has 176 valence electrons. The minimum Gasteiger partial charge on any atom is -0.393 e. The van der Waals surface area contributed by atoms with E-state index < -0.39 is 5.91 Å². The van der Waals surface area contributed by atoms with Gasteiger partial charge in [-0.1, -0.05) is 0 Å². The minimum absolute atomic E-state index is 0.124. The number of aliphatic hydroxyl groups excluding tert-OH is 1. The first-order valence-corrected chi connectivity index (χ1v) is 11.5. The fourth-order valence-electron chi connectivity index (χ4n) is 4.46. The van der Waals surface area contributed by atoms with Crippen molar-refractivity contribution in [3.8, 4) is 0 Å². The molecule has 2 heterocycles. The number of nitrogens with zero attached hydrogens (tertiary/aromatic N) is 3. The van der Waals surface area contributed by atoms with Gasteiger partial charge in [-0.25, -0.2) is 4.98 Å². The molecule has 2 aromatic rings. The van der Waals surface area contributed by atoms with Crippen LogP contribution in [-0.4, -0.2) is 65.1 Å². The largest absolute Gasteiger partial charge is 0.393 e. The number of pyridine rings is 1. The Balaban J connectivity index is 1.42. The smallest absolute Gasteiger partial charge is 0.252 e. The van der Waals surface area contributed by atoms with Crippen molar-refractivity contribution in [1.82, 2.24) is 9.88 Å². The first-order valence-electron chi connectivity index (χ1n) is 11.5. The highest BCUT2D eigenvalue weighted by atomic mass is 16.3. The summed E-state index contributed by atoms with van der Waals surface area (Å²) in [5.41, 5.74) is 8.55. The first-order chi connectivity index (χ1) is 15.9. The Morgan fingerprint density at radius 3 is 2.33 bits per heavy atom. The van der Waals surface area contributed by atoms with E-state index in [-0.39, 0.29) is 18.1 Å². The van der Waals surface area contributed by atoms with E-state index in [0.717, 1.165) is 63.2 Å². The lowest BCUT2D eigenvalue weighted by molar-refractivity contribution is -0.129. The monoisotopic (exact) mass is 452 g/mol. The number of amides is 2. The van der Waals surface area contributed by atoms with Crippen molar-refractivity contribution in [2.45, 2.75) is 44.8 Å². The Morgan fingerprint density at radius 2 is 1.73 bits per heavy atom. The number of aliphatic hydroxyl groups is 1. The maximum atomic E-state index is 11.9. The van der Waals surface area contributed by atoms with Gasteiger partial charge in [0, 0.05) is 62.8 Å². The van der Waals surface area contributed by atoms with E-state index in [1.54, 1.807) is 13.0 Å². The molecule has 0 unspecified atom stereocenters. The summed E-state index contributed by atoms with van der Waals surface area (Å²) in [5, 5.41) is 16.4. The van der Waals surface area contributed by atoms with Gasteiger partial charge in [-0.2, -0.15) is 0 Å². The third-order valence-electron chi connectivity index (χ3n) is 6.46. The summed E-state index contributed by atoms with van der Waals surface area (Å²) < 4.78 is 0. The van der Waals surface area contributed by atoms with Crippen LogP contribution < -0.4 is 21.3 Å². The molecule has 1 aliphatic heterocycles. The molecular weight excluding hydrogens is 420 g/mol. The third-order valence-corrected chi connectivity index (χ3v) is 6.46. The maximum Gasteiger partial charge on any atom is 0.252 e. The zero-order valence-corrected chi connectivity index (χ0v) is 19.0. The molecule has 4 rings (SSSR count). The fraction of sp³-hybridized carbons (Fsp3) is 0.458. The Kier molecular flexibility index (Phi) is 6.98. The van der Waals surface area contributed by atoms with Gasteiger partial charge in [0.25, 0.3) is 5.91 Å². The minimum atomic E-state index is -0.526. The molecule has 2 aliphatic rings. The van der Waals surface area contributed by atoms with Crippen molar-refractivity contribution in [3.63, 3.8) is 0 Å². The molecule has 2 fully saturated rings. The first kappa shape index (κ1) is 22.8. The summed E-state index contributed by atoms with van der Waals surface area (Å²) in [6.45, 7) is 4.72. The van der Waals surface area contributed by atoms with Gasteiger partial charge in [0.1, 0.15) is 5.82 Å². The van der Waals surface area contributed by atoms with Crippen LogP contribution >= 0.6 is 0 Å². The molecular formula is C24H32N6O3. The average Bonchev–Trinajstić information content (AvgIpc) is 2.81. The topological polar surface area (TPSA) is 124 Å². The highest BCUT2D eigenvalue weighted by molar-refractivity contribution is 5.98. The summed E-state index contributed by atoms with van der Waals surface area (Å²) in [6, 6.07) is 10.1. The van der Waals surface area contributed by atoms with E-state index in [1.807, 2.05) is 17.0 Å². The molecule has 2 amide bonds. The standard InChI is InChI=1S/C24H32N6O3/c1-16(31)29-10-12-30(13-11-29)19-6-2-18(3-7-19)28-23-14-22(21(15-26-23)24(25)33)27-17-4-8-20(32)9-5-17/h2-3,6-7,14-15,17,20,32H,4-5,8-13H2,1H3,(H2,25,33)(H2,26,27,28)/t17-,20+. The number of nitrogens with one attached hydrogen (secondary N) is 2. The van der Waals surface area contributed by atoms with Gasteiger partial charge < -0.3 is 31.3 Å². The van der Waals surface area contributed by atoms with Crippen LogP contribution in [0.2, 0.25) is 0 Å². The SMILES string of the molecule is CC(=O)N1CCN(c2ccc(Nc3cc(N[C@H]4CC[C@@H](O)CC4)c(C(N)=O)cn3)cc2)CC1. The molecule has 33 heavy (non-hydrogen) atoms. The van der Waals surface area contributed by atoms with Crippen LogP contribution in [0, 0.1) is 0 Å². The molecule has 1 saturated carbocycles. The maximum absolute atomic E-state index is 11.9. The molecule has 1 aliphatic carbocycles. The predicted molar refractivity (Wildman–Crippen MR) is 129 cm³/mol. The van der Waals surface area contributed by atoms with Gasteiger partial charge in [-0.05, 0) is 49.9 Å². The number of primary amides is 1. The van der Waals surface area contributed by atoms with Crippen LogP contribution in [0.15, 0.2) is 36.5 Å². The zero-order chi connectivity index (χ0) is 23.4. The van der Waals surface area contributed by atoms with Crippen molar-refractivity contribution < 1.29 is 14.7 Å². The number of hydrogen-bond donors (Lipinski definition) is 4. The summed E-state index contributed by atoms with van der Waals surface area (Å²) >= 11 is 0. The molecule has 0 bridgehead atoms. The number of anilines is 4. The van der Waals surface area contributed by atoms with Gasteiger partial charge in [-0.15, -0.1) is 0 Å². The number of carbonyl (C=O) groups excluding carboxylic acids is 2. The Bertz CT molecular complexity index is 980. The van der Waals surface area contributed by atoms with Crippen molar-refractivity contribution in [2.24, 2.45) is 5.73 Å². The predicted octanol–water partition coefficient (Wildman–Crippen LogP) is 2.31. The van der Waals surface area contributed by atoms with E-state index in [1.165, 1.54) is 6.20 Å². The lowest BCUT2D eigenvalue weighted by Crippen LogP contribution is -2.48. The summed E-state index contributed by atoms with van der Waals surface area (Å²) in [6.07, 6.45) is 4.42. The number of hydrogen-bond acceptors (Lipinski definition) is 7. The molecule has 0 atom stereocenters. The average molecular weight is 453 g/mol. The number of aromatic nitrogens is 1. The van der Waals surface area contributed by atoms with E-state index >= 15 is 0 Å². The van der Waals surface area contributed by atoms with Gasteiger partial charge in [0.2, 0.25) is 5.91 Å². The Morgan fingerprint density at radius 1 is 1.06 bits per heavy atom. The molecule has 1 aromatic carbocycles. The molecule has 5 N–H and O–H groups in total. The van der Waals surface area contributed by atoms with Gasteiger partial charge >= 0.3 is 0 Å². The lowest BCUT2D eigenvalue weighted by atomic mass is 9.93. The zero-order valence-electron chi connectivity index (χ0n) is 19.0. The van der Waals surface area contributed by atoms with Crippen molar-refractivity contribution >= 4 is 34.7 Å². The highest BCUT2D eigenvalue weighted by Crippen LogP contribution is 2.27. The summed E-state index contributed by atoms with van der Waals surface area (Å²) in [4.78, 5) is 31.9. The Labute approximate surface area is 194 Å². The van der Waals surface area contributed by atoms with Gasteiger partial charge in [0.15, 0.2) is 0 Å². The molecule has 9 heteroatoms. The summed E-state index contributed by atoms with van der Waals surface area (Å²) in [7, 11) is 0. The molecule has 0 spiro atoms. The fourth-order valence-corrected chi connectivity index (χ4v) is 4.46. The van der Waals surface area contributed by atoms with Crippen molar-refractivity contribution in [3.05, 3.63) is 42.1 Å². The van der Waals surface area contributed by atoms with Gasteiger partial charge in [-0.3, -0.25) is 9.59 Å².